The van der Waals surface area contributed by atoms with Crippen molar-refractivity contribution in [3.8, 4) is 6.07 Å². The maximum atomic E-state index is 14.2. The third kappa shape index (κ3) is 5.63. The fourth-order valence-corrected chi connectivity index (χ4v) is 7.96. The van der Waals surface area contributed by atoms with Gasteiger partial charge in [-0.1, -0.05) is 12.1 Å². The SMILES string of the molecule is Cc1ccc(C#N)nc1C1CN(C(=O)[C@@H]2CC[C@@H]3CCC[C@H](NC(=O)c4cc5cc(C(F)(F)P(=O)(O)O)ccc5s4)C(=O)N32)C1. The molecule has 3 aliphatic heterocycles. The summed E-state index contributed by atoms with van der Waals surface area (Å²) < 4.78 is 40.2. The molecular weight excluding hydrogens is 627 g/mol. The number of hydrogen-bond acceptors (Lipinski definition) is 7. The van der Waals surface area contributed by atoms with Crippen LogP contribution in [0.15, 0.2) is 36.4 Å². The van der Waals surface area contributed by atoms with E-state index >= 15 is 0 Å². The quantitative estimate of drug-likeness (QED) is 0.335. The van der Waals surface area contributed by atoms with Gasteiger partial charge in [0.1, 0.15) is 23.8 Å². The summed E-state index contributed by atoms with van der Waals surface area (Å²) in [6.07, 6.45) is 2.96. The molecule has 2 aromatic heterocycles. The van der Waals surface area contributed by atoms with Gasteiger partial charge in [0, 0.05) is 35.3 Å². The molecule has 3 fully saturated rings. The minimum atomic E-state index is -5.76. The van der Waals surface area contributed by atoms with Crippen molar-refractivity contribution >= 4 is 46.7 Å². The number of fused-ring (bicyclic) bond motifs is 2. The van der Waals surface area contributed by atoms with E-state index in [2.05, 4.69) is 10.3 Å². The van der Waals surface area contributed by atoms with Crippen LogP contribution in [0.3, 0.4) is 0 Å². The number of thiophene rings is 1. The zero-order valence-corrected chi connectivity index (χ0v) is 25.9. The molecule has 45 heavy (non-hydrogen) atoms. The van der Waals surface area contributed by atoms with Crippen molar-refractivity contribution in [3.05, 3.63) is 63.8 Å². The third-order valence-electron chi connectivity index (χ3n) is 8.96. The molecule has 0 spiro atoms. The molecule has 0 aliphatic carbocycles. The Balaban J connectivity index is 1.14. The molecule has 3 amide bonds. The molecule has 15 heteroatoms. The van der Waals surface area contributed by atoms with Crippen molar-refractivity contribution in [2.45, 2.75) is 68.7 Å². The molecule has 5 heterocycles. The number of likely N-dealkylation sites (tertiary alicyclic amines) is 1. The number of benzene rings is 1. The van der Waals surface area contributed by atoms with Gasteiger partial charge < -0.3 is 24.9 Å². The average molecular weight is 658 g/mol. The second kappa shape index (κ2) is 11.6. The van der Waals surface area contributed by atoms with E-state index in [9.17, 15) is 33.0 Å². The van der Waals surface area contributed by atoms with Crippen LogP contribution in [-0.2, 0) is 19.8 Å². The van der Waals surface area contributed by atoms with E-state index < -0.39 is 36.8 Å². The van der Waals surface area contributed by atoms with Gasteiger partial charge in [-0.25, -0.2) is 4.98 Å². The highest BCUT2D eigenvalue weighted by atomic mass is 32.1. The van der Waals surface area contributed by atoms with Crippen LogP contribution < -0.4 is 5.32 Å². The lowest BCUT2D eigenvalue weighted by Gasteiger charge is -2.42. The molecule has 3 aromatic rings. The molecule has 3 N–H and O–H groups in total. The van der Waals surface area contributed by atoms with Crippen molar-refractivity contribution in [2.75, 3.05) is 13.1 Å². The number of rotatable bonds is 6. The topological polar surface area (TPSA) is 164 Å². The van der Waals surface area contributed by atoms with E-state index in [1.165, 1.54) is 12.1 Å². The number of amides is 3. The molecule has 0 bridgehead atoms. The number of nitriles is 1. The second-order valence-electron chi connectivity index (χ2n) is 11.8. The molecular formula is C30H30F2N5O6PS. The van der Waals surface area contributed by atoms with E-state index in [-0.39, 0.29) is 34.0 Å². The highest BCUT2D eigenvalue weighted by molar-refractivity contribution is 7.52. The number of alkyl halides is 2. The predicted octanol–water partition coefficient (Wildman–Crippen LogP) is 3.97. The molecule has 0 saturated carbocycles. The molecule has 0 radical (unpaired) electrons. The van der Waals surface area contributed by atoms with Crippen LogP contribution in [-0.4, -0.2) is 73.5 Å². The minimum absolute atomic E-state index is 0.00623. The fourth-order valence-electron chi connectivity index (χ4n) is 6.54. The van der Waals surface area contributed by atoms with Crippen molar-refractivity contribution in [3.63, 3.8) is 0 Å². The van der Waals surface area contributed by atoms with Gasteiger partial charge in [0.2, 0.25) is 11.8 Å². The Labute approximate surface area is 261 Å². The van der Waals surface area contributed by atoms with Crippen LogP contribution in [0.25, 0.3) is 10.1 Å². The maximum Gasteiger partial charge on any atom is 0.399 e. The number of nitrogens with one attached hydrogen (secondary N) is 1. The van der Waals surface area contributed by atoms with Gasteiger partial charge in [0.15, 0.2) is 0 Å². The van der Waals surface area contributed by atoms with E-state index in [1.807, 2.05) is 19.1 Å². The summed E-state index contributed by atoms with van der Waals surface area (Å²) >= 11 is 1.01. The number of nitrogens with zero attached hydrogens (tertiary/aromatic N) is 4. The number of pyridine rings is 1. The Morgan fingerprint density at radius 3 is 2.60 bits per heavy atom. The Bertz CT molecular complexity index is 1800. The molecule has 3 saturated heterocycles. The van der Waals surface area contributed by atoms with Gasteiger partial charge in [-0.2, -0.15) is 14.0 Å². The summed E-state index contributed by atoms with van der Waals surface area (Å²) in [5, 5.41) is 12.2. The maximum absolute atomic E-state index is 14.2. The Morgan fingerprint density at radius 1 is 1.13 bits per heavy atom. The van der Waals surface area contributed by atoms with E-state index in [4.69, 9.17) is 9.79 Å². The van der Waals surface area contributed by atoms with E-state index in [1.54, 1.807) is 15.9 Å². The van der Waals surface area contributed by atoms with Crippen molar-refractivity contribution in [2.24, 2.45) is 0 Å². The fraction of sp³-hybridized carbons (Fsp3) is 0.433. The number of carbonyl (C=O) groups excluding carboxylic acids is 3. The normalized spacial score (nSPS) is 22.5. The van der Waals surface area contributed by atoms with Crippen LogP contribution in [0.1, 0.15) is 70.2 Å². The predicted molar refractivity (Wildman–Crippen MR) is 160 cm³/mol. The summed E-state index contributed by atoms with van der Waals surface area (Å²) in [6, 6.07) is 8.41. The van der Waals surface area contributed by atoms with Gasteiger partial charge in [0.05, 0.1) is 10.6 Å². The Hall–Kier alpha value is -3.76. The highest BCUT2D eigenvalue weighted by Crippen LogP contribution is 2.59. The molecule has 6 rings (SSSR count). The minimum Gasteiger partial charge on any atom is -0.340 e. The first-order valence-corrected chi connectivity index (χ1v) is 17.0. The summed E-state index contributed by atoms with van der Waals surface area (Å²) in [4.78, 5) is 66.7. The Kier molecular flexibility index (Phi) is 8.02. The van der Waals surface area contributed by atoms with Gasteiger partial charge in [-0.05, 0) is 74.2 Å². The summed E-state index contributed by atoms with van der Waals surface area (Å²) in [7, 11) is -5.76. The molecule has 0 unspecified atom stereocenters. The van der Waals surface area contributed by atoms with Gasteiger partial charge in [-0.15, -0.1) is 11.3 Å². The van der Waals surface area contributed by atoms with Crippen LogP contribution >= 0.6 is 18.9 Å². The van der Waals surface area contributed by atoms with Crippen LogP contribution in [0.4, 0.5) is 8.78 Å². The average Bonchev–Trinajstić information content (AvgIpc) is 3.56. The number of hydrogen-bond donors (Lipinski definition) is 3. The molecule has 3 aliphatic rings. The van der Waals surface area contributed by atoms with Crippen LogP contribution in [0.5, 0.6) is 0 Å². The van der Waals surface area contributed by atoms with Crippen molar-refractivity contribution < 1.29 is 37.5 Å². The molecule has 11 nitrogen and oxygen atoms in total. The smallest absolute Gasteiger partial charge is 0.340 e. The Morgan fingerprint density at radius 2 is 1.89 bits per heavy atom. The number of aromatic nitrogens is 1. The zero-order valence-electron chi connectivity index (χ0n) is 24.2. The molecule has 3 atom stereocenters. The summed E-state index contributed by atoms with van der Waals surface area (Å²) in [5.74, 6) is -1.04. The first-order valence-electron chi connectivity index (χ1n) is 14.6. The van der Waals surface area contributed by atoms with Gasteiger partial charge in [-0.3, -0.25) is 18.9 Å². The monoisotopic (exact) mass is 657 g/mol. The first-order chi connectivity index (χ1) is 21.3. The second-order valence-corrected chi connectivity index (χ2v) is 14.6. The standard InChI is InChI=1S/C30H30F2N5O6PS/c1-16-5-7-20(13-33)34-26(16)18-14-36(15-18)29(40)23-9-8-21-3-2-4-22(28(39)37(21)23)35-27(38)25-12-17-11-19(6-10-24(17)45-25)30(31,32)44(41,42)43/h5-7,10-12,18,21-23H,2-4,8-9,14-15H2,1H3,(H,35,38)(H2,41,42,43)/t21-,22-,23-/m0/s1. The first kappa shape index (κ1) is 31.2. The third-order valence-corrected chi connectivity index (χ3v) is 11.1. The molecule has 236 valence electrons. The number of aryl methyl sites for hydroxylation is 1. The lowest BCUT2D eigenvalue weighted by molar-refractivity contribution is -0.148. The van der Waals surface area contributed by atoms with E-state index in [0.29, 0.717) is 55.6 Å². The van der Waals surface area contributed by atoms with Crippen LogP contribution in [0.2, 0.25) is 0 Å². The number of carbonyl (C=O) groups is 3. The number of halogens is 2. The zero-order chi connectivity index (χ0) is 32.3. The van der Waals surface area contributed by atoms with Crippen molar-refractivity contribution in [1.29, 1.82) is 5.26 Å². The van der Waals surface area contributed by atoms with Gasteiger partial charge >= 0.3 is 13.3 Å². The summed E-state index contributed by atoms with van der Waals surface area (Å²) in [5.41, 5.74) is -3.17. The van der Waals surface area contributed by atoms with Gasteiger partial charge in [0.25, 0.3) is 5.91 Å². The molecule has 1 aromatic carbocycles. The lowest BCUT2D eigenvalue weighted by atomic mass is 9.91. The lowest BCUT2D eigenvalue weighted by Crippen LogP contribution is -2.58. The van der Waals surface area contributed by atoms with Crippen LogP contribution in [0, 0.1) is 18.3 Å². The van der Waals surface area contributed by atoms with E-state index in [0.717, 1.165) is 34.7 Å². The largest absolute Gasteiger partial charge is 0.399 e. The summed E-state index contributed by atoms with van der Waals surface area (Å²) in [6.45, 7) is 2.80. The highest BCUT2D eigenvalue weighted by Gasteiger charge is 2.51. The van der Waals surface area contributed by atoms with Crippen molar-refractivity contribution in [1.82, 2.24) is 20.1 Å².